The van der Waals surface area contributed by atoms with Crippen molar-refractivity contribution < 1.29 is 19.1 Å². The maximum absolute atomic E-state index is 12.8. The molecule has 3 rings (SSSR count). The predicted octanol–water partition coefficient (Wildman–Crippen LogP) is 1.42. The van der Waals surface area contributed by atoms with Gasteiger partial charge in [0.05, 0.1) is 0 Å². The van der Waals surface area contributed by atoms with Gasteiger partial charge in [-0.25, -0.2) is 0 Å². The van der Waals surface area contributed by atoms with Gasteiger partial charge in [-0.3, -0.25) is 14.4 Å². The maximum Gasteiger partial charge on any atom is 0.255 e. The van der Waals surface area contributed by atoms with E-state index in [0.717, 1.165) is 32.4 Å². The number of rotatable bonds is 5. The molecule has 2 fully saturated rings. The number of nitrogens with zero attached hydrogens (tertiary/aromatic N) is 2. The minimum Gasteiger partial charge on any atom is -0.484 e. The molecule has 1 aromatic carbocycles. The van der Waals surface area contributed by atoms with Gasteiger partial charge in [0.15, 0.2) is 6.61 Å². The Kier molecular flexibility index (Phi) is 5.68. The zero-order valence-corrected chi connectivity index (χ0v) is 15.8. The molecule has 0 radical (unpaired) electrons. The highest BCUT2D eigenvalue weighted by molar-refractivity contribution is 5.94. The van der Waals surface area contributed by atoms with Gasteiger partial charge in [0.2, 0.25) is 5.91 Å². The van der Waals surface area contributed by atoms with E-state index in [9.17, 15) is 14.4 Å². The van der Waals surface area contributed by atoms with Gasteiger partial charge in [0.1, 0.15) is 5.75 Å². The fraction of sp³-hybridized carbons (Fsp3) is 0.550. The highest BCUT2D eigenvalue weighted by Gasteiger charge is 2.41. The summed E-state index contributed by atoms with van der Waals surface area (Å²) in [7, 11) is 0. The molecular formula is C20H27N3O4. The Labute approximate surface area is 159 Å². The Balaban J connectivity index is 1.61. The van der Waals surface area contributed by atoms with Crippen LogP contribution in [0.2, 0.25) is 0 Å². The van der Waals surface area contributed by atoms with Gasteiger partial charge in [-0.2, -0.15) is 0 Å². The average Bonchev–Trinajstić information content (AvgIpc) is 2.69. The number of carbonyl (C=O) groups is 3. The molecule has 1 spiro atoms. The molecule has 0 aliphatic carbocycles. The largest absolute Gasteiger partial charge is 0.484 e. The highest BCUT2D eigenvalue weighted by atomic mass is 16.5. The molecular weight excluding hydrogens is 346 g/mol. The number of hydrogen-bond donors (Lipinski definition) is 1. The Hall–Kier alpha value is -2.57. The number of primary amides is 1. The summed E-state index contributed by atoms with van der Waals surface area (Å²) < 4.78 is 5.29. The van der Waals surface area contributed by atoms with Crippen LogP contribution in [0.4, 0.5) is 0 Å². The lowest BCUT2D eigenvalue weighted by Crippen LogP contribution is -2.52. The van der Waals surface area contributed by atoms with Gasteiger partial charge in [-0.15, -0.1) is 0 Å². The van der Waals surface area contributed by atoms with Gasteiger partial charge in [0.25, 0.3) is 11.8 Å². The number of nitrogens with two attached hydrogens (primary N) is 1. The fourth-order valence-electron chi connectivity index (χ4n) is 4.04. The number of amides is 3. The Morgan fingerprint density at radius 1 is 1.22 bits per heavy atom. The van der Waals surface area contributed by atoms with Crippen LogP contribution < -0.4 is 10.5 Å². The first-order chi connectivity index (χ1) is 12.9. The molecule has 1 aromatic rings. The second kappa shape index (κ2) is 7.98. The number of carbonyl (C=O) groups excluding carboxylic acids is 3. The molecule has 2 heterocycles. The molecule has 0 saturated carbocycles. The third kappa shape index (κ3) is 4.40. The van der Waals surface area contributed by atoms with Crippen LogP contribution in [0.5, 0.6) is 5.75 Å². The van der Waals surface area contributed by atoms with E-state index in [-0.39, 0.29) is 23.8 Å². The van der Waals surface area contributed by atoms with Gasteiger partial charge in [-0.05, 0) is 49.8 Å². The van der Waals surface area contributed by atoms with Crippen LogP contribution in [0.15, 0.2) is 24.3 Å². The fourth-order valence-corrected chi connectivity index (χ4v) is 4.04. The number of benzene rings is 1. The predicted molar refractivity (Wildman–Crippen MR) is 100 cm³/mol. The van der Waals surface area contributed by atoms with Gasteiger partial charge < -0.3 is 20.3 Å². The van der Waals surface area contributed by atoms with Crippen LogP contribution in [0.3, 0.4) is 0 Å². The SMILES string of the molecule is CCN1CC2(CCC1=O)CCN(C(=O)c1cccc(OCC(N)=O)c1)CC2. The average molecular weight is 373 g/mol. The standard InChI is InChI=1S/C20H27N3O4/c1-2-22-14-20(7-6-18(22)25)8-10-23(11-9-20)19(26)15-4-3-5-16(12-15)27-13-17(21)24/h3-5,12H,2,6-11,13-14H2,1H3,(H2,21,24). The van der Waals surface area contributed by atoms with Gasteiger partial charge >= 0.3 is 0 Å². The van der Waals surface area contributed by atoms with Crippen molar-refractivity contribution >= 4 is 17.7 Å². The highest BCUT2D eigenvalue weighted by Crippen LogP contribution is 2.40. The summed E-state index contributed by atoms with van der Waals surface area (Å²) in [5.41, 5.74) is 5.78. The first kappa shape index (κ1) is 19.2. The molecule has 146 valence electrons. The second-order valence-corrected chi connectivity index (χ2v) is 7.48. The summed E-state index contributed by atoms with van der Waals surface area (Å²) in [5, 5.41) is 0. The Bertz CT molecular complexity index is 726. The number of hydrogen-bond acceptors (Lipinski definition) is 4. The molecule has 7 nitrogen and oxygen atoms in total. The molecule has 0 bridgehead atoms. The van der Waals surface area contributed by atoms with E-state index in [1.54, 1.807) is 24.3 Å². The molecule has 0 atom stereocenters. The van der Waals surface area contributed by atoms with Crippen molar-refractivity contribution in [3.05, 3.63) is 29.8 Å². The van der Waals surface area contributed by atoms with Crippen molar-refractivity contribution in [1.82, 2.24) is 9.80 Å². The van der Waals surface area contributed by atoms with Crippen molar-refractivity contribution in [2.45, 2.75) is 32.6 Å². The third-order valence-corrected chi connectivity index (χ3v) is 5.70. The lowest BCUT2D eigenvalue weighted by molar-refractivity contribution is -0.138. The zero-order valence-electron chi connectivity index (χ0n) is 15.8. The minimum absolute atomic E-state index is 0.0337. The molecule has 2 saturated heterocycles. The van der Waals surface area contributed by atoms with Crippen LogP contribution >= 0.6 is 0 Å². The molecule has 3 amide bonds. The summed E-state index contributed by atoms with van der Waals surface area (Å²) in [6.07, 6.45) is 3.36. The zero-order chi connectivity index (χ0) is 19.4. The lowest BCUT2D eigenvalue weighted by Gasteiger charge is -2.47. The summed E-state index contributed by atoms with van der Waals surface area (Å²) >= 11 is 0. The van der Waals surface area contributed by atoms with E-state index in [4.69, 9.17) is 10.5 Å². The molecule has 7 heteroatoms. The van der Waals surface area contributed by atoms with Crippen molar-refractivity contribution in [3.8, 4) is 5.75 Å². The van der Waals surface area contributed by atoms with Crippen molar-refractivity contribution in [2.24, 2.45) is 11.1 Å². The second-order valence-electron chi connectivity index (χ2n) is 7.48. The van der Waals surface area contributed by atoms with Crippen molar-refractivity contribution in [1.29, 1.82) is 0 Å². The Morgan fingerprint density at radius 3 is 2.63 bits per heavy atom. The van der Waals surface area contributed by atoms with E-state index >= 15 is 0 Å². The van der Waals surface area contributed by atoms with E-state index < -0.39 is 5.91 Å². The Morgan fingerprint density at radius 2 is 1.96 bits per heavy atom. The van der Waals surface area contributed by atoms with Gasteiger partial charge in [0, 0.05) is 38.2 Å². The summed E-state index contributed by atoms with van der Waals surface area (Å²) in [5.74, 6) is 0.112. The molecule has 27 heavy (non-hydrogen) atoms. The van der Waals surface area contributed by atoms with E-state index in [1.165, 1.54) is 0 Å². The van der Waals surface area contributed by atoms with Crippen LogP contribution in [0, 0.1) is 5.41 Å². The van der Waals surface area contributed by atoms with Crippen LogP contribution in [0.25, 0.3) is 0 Å². The molecule has 0 aromatic heterocycles. The maximum atomic E-state index is 12.8. The molecule has 2 N–H and O–H groups in total. The van der Waals surface area contributed by atoms with Crippen molar-refractivity contribution in [2.75, 3.05) is 32.8 Å². The van der Waals surface area contributed by atoms with E-state index in [2.05, 4.69) is 0 Å². The first-order valence-corrected chi connectivity index (χ1v) is 9.51. The van der Waals surface area contributed by atoms with Crippen LogP contribution in [-0.4, -0.2) is 60.3 Å². The van der Waals surface area contributed by atoms with Crippen LogP contribution in [-0.2, 0) is 9.59 Å². The summed E-state index contributed by atoms with van der Waals surface area (Å²) in [4.78, 5) is 39.5. The quantitative estimate of drug-likeness (QED) is 0.845. The van der Waals surface area contributed by atoms with Crippen molar-refractivity contribution in [3.63, 3.8) is 0 Å². The number of likely N-dealkylation sites (tertiary alicyclic amines) is 2. The lowest BCUT2D eigenvalue weighted by atomic mass is 9.72. The minimum atomic E-state index is -0.555. The first-order valence-electron chi connectivity index (χ1n) is 9.51. The smallest absolute Gasteiger partial charge is 0.255 e. The summed E-state index contributed by atoms with van der Waals surface area (Å²) in [6.45, 7) is 4.75. The van der Waals surface area contributed by atoms with Crippen LogP contribution in [0.1, 0.15) is 43.0 Å². The molecule has 2 aliphatic heterocycles. The summed E-state index contributed by atoms with van der Waals surface area (Å²) in [6, 6.07) is 6.83. The number of ether oxygens (including phenoxy) is 1. The molecule has 0 unspecified atom stereocenters. The molecule has 2 aliphatic rings. The van der Waals surface area contributed by atoms with Gasteiger partial charge in [-0.1, -0.05) is 6.07 Å². The van der Waals surface area contributed by atoms with E-state index in [1.807, 2.05) is 16.7 Å². The normalized spacial score (nSPS) is 19.2. The number of piperidine rings is 2. The third-order valence-electron chi connectivity index (χ3n) is 5.70. The van der Waals surface area contributed by atoms with E-state index in [0.29, 0.717) is 30.8 Å². The topological polar surface area (TPSA) is 92.9 Å². The monoisotopic (exact) mass is 373 g/mol.